The van der Waals surface area contributed by atoms with E-state index in [1.807, 2.05) is 34.9 Å². The van der Waals surface area contributed by atoms with Crippen LogP contribution in [0.5, 0.6) is 5.75 Å². The second-order valence-corrected chi connectivity index (χ2v) is 6.57. The second kappa shape index (κ2) is 7.00. The average molecular weight is 385 g/mol. The molecule has 3 aromatic carbocycles. The van der Waals surface area contributed by atoms with E-state index in [4.69, 9.17) is 16.3 Å². The van der Waals surface area contributed by atoms with Crippen molar-refractivity contribution in [1.82, 2.24) is 9.55 Å². The van der Waals surface area contributed by atoms with Gasteiger partial charge in [0.05, 0.1) is 23.7 Å². The van der Waals surface area contributed by atoms with E-state index >= 15 is 0 Å². The Balaban J connectivity index is 1.94. The summed E-state index contributed by atoms with van der Waals surface area (Å²) in [6.45, 7) is 0.411. The van der Waals surface area contributed by atoms with Gasteiger partial charge < -0.3 is 9.30 Å². The Morgan fingerprint density at radius 1 is 1.04 bits per heavy atom. The van der Waals surface area contributed by atoms with Crippen LogP contribution in [-0.4, -0.2) is 16.7 Å². The van der Waals surface area contributed by atoms with Gasteiger partial charge in [-0.2, -0.15) is 0 Å². The first-order valence-corrected chi connectivity index (χ1v) is 8.67. The van der Waals surface area contributed by atoms with E-state index < -0.39 is 11.6 Å². The molecule has 0 amide bonds. The highest BCUT2D eigenvalue weighted by Gasteiger charge is 2.17. The fraction of sp³-hybridized carbons (Fsp3) is 0.0952. The third-order valence-corrected chi connectivity index (χ3v) is 4.59. The van der Waals surface area contributed by atoms with Gasteiger partial charge in [-0.25, -0.2) is 13.8 Å². The molecule has 4 aromatic rings. The number of rotatable bonds is 4. The van der Waals surface area contributed by atoms with E-state index in [1.165, 1.54) is 0 Å². The largest absolute Gasteiger partial charge is 0.497 e. The van der Waals surface area contributed by atoms with Crippen molar-refractivity contribution >= 4 is 22.6 Å². The summed E-state index contributed by atoms with van der Waals surface area (Å²) in [6, 6.07) is 16.2. The minimum Gasteiger partial charge on any atom is -0.497 e. The van der Waals surface area contributed by atoms with Crippen molar-refractivity contribution in [2.24, 2.45) is 0 Å². The highest BCUT2D eigenvalue weighted by molar-refractivity contribution is 6.30. The zero-order valence-corrected chi connectivity index (χ0v) is 15.2. The van der Waals surface area contributed by atoms with Gasteiger partial charge in [0.1, 0.15) is 23.2 Å². The van der Waals surface area contributed by atoms with Gasteiger partial charge in [0, 0.05) is 17.6 Å². The monoisotopic (exact) mass is 384 g/mol. The fourth-order valence-corrected chi connectivity index (χ4v) is 3.30. The average Bonchev–Trinajstić information content (AvgIpc) is 3.01. The second-order valence-electron chi connectivity index (χ2n) is 6.13. The molecule has 0 aliphatic heterocycles. The zero-order chi connectivity index (χ0) is 19.0. The molecule has 0 unspecified atom stereocenters. The molecule has 0 saturated carbocycles. The number of hydrogen-bond acceptors (Lipinski definition) is 2. The van der Waals surface area contributed by atoms with Crippen LogP contribution in [0.2, 0.25) is 5.02 Å². The van der Waals surface area contributed by atoms with Crippen LogP contribution in [0.25, 0.3) is 22.4 Å². The van der Waals surface area contributed by atoms with Gasteiger partial charge in [0.15, 0.2) is 0 Å². The summed E-state index contributed by atoms with van der Waals surface area (Å²) in [6.07, 6.45) is 0. The number of hydrogen-bond donors (Lipinski definition) is 0. The van der Waals surface area contributed by atoms with Crippen LogP contribution in [0.15, 0.2) is 60.7 Å². The maximum atomic E-state index is 14.4. The summed E-state index contributed by atoms with van der Waals surface area (Å²) >= 11 is 6.09. The van der Waals surface area contributed by atoms with Crippen molar-refractivity contribution in [1.29, 1.82) is 0 Å². The molecule has 0 fully saturated rings. The molecule has 6 heteroatoms. The quantitative estimate of drug-likeness (QED) is 0.452. The first-order valence-electron chi connectivity index (χ1n) is 8.29. The third kappa shape index (κ3) is 3.38. The lowest BCUT2D eigenvalue weighted by atomic mass is 10.1. The Labute approximate surface area is 159 Å². The summed E-state index contributed by atoms with van der Waals surface area (Å²) in [4.78, 5) is 4.56. The molecular weight excluding hydrogens is 370 g/mol. The van der Waals surface area contributed by atoms with Gasteiger partial charge in [-0.05, 0) is 48.0 Å². The first-order chi connectivity index (χ1) is 13.0. The Morgan fingerprint density at radius 3 is 2.67 bits per heavy atom. The zero-order valence-electron chi connectivity index (χ0n) is 14.4. The number of benzene rings is 3. The molecule has 0 aliphatic rings. The molecule has 3 nitrogen and oxygen atoms in total. The summed E-state index contributed by atoms with van der Waals surface area (Å²) in [5.41, 5.74) is 2.45. The molecule has 0 bridgehead atoms. The standard InChI is InChI=1S/C21H15ClF2N2O/c1-27-16-6-8-20-19(11-16)25-21(17-10-15(23)5-7-18(17)24)26(20)12-13-3-2-4-14(22)9-13/h2-11H,12H2,1H3. The van der Waals surface area contributed by atoms with E-state index in [0.717, 1.165) is 29.3 Å². The molecule has 0 spiro atoms. The van der Waals surface area contributed by atoms with Crippen LogP contribution < -0.4 is 4.74 Å². The number of imidazole rings is 1. The van der Waals surface area contributed by atoms with Crippen LogP contribution in [0.1, 0.15) is 5.56 Å². The lowest BCUT2D eigenvalue weighted by Gasteiger charge is -2.11. The van der Waals surface area contributed by atoms with Crippen molar-refractivity contribution < 1.29 is 13.5 Å². The van der Waals surface area contributed by atoms with Crippen LogP contribution in [0.3, 0.4) is 0 Å². The van der Waals surface area contributed by atoms with Crippen molar-refractivity contribution in [2.75, 3.05) is 7.11 Å². The number of halogens is 3. The summed E-state index contributed by atoms with van der Waals surface area (Å²) in [5.74, 6) is -0.0762. The molecule has 0 saturated heterocycles. The molecule has 0 atom stereocenters. The molecule has 136 valence electrons. The third-order valence-electron chi connectivity index (χ3n) is 4.35. The van der Waals surface area contributed by atoms with Gasteiger partial charge in [-0.1, -0.05) is 23.7 Å². The summed E-state index contributed by atoms with van der Waals surface area (Å²) < 4.78 is 35.3. The molecular formula is C21H15ClF2N2O. The van der Waals surface area contributed by atoms with Crippen molar-refractivity contribution in [3.05, 3.63) is 82.9 Å². The summed E-state index contributed by atoms with van der Waals surface area (Å²) in [7, 11) is 1.57. The summed E-state index contributed by atoms with van der Waals surface area (Å²) in [5, 5.41) is 0.608. The van der Waals surface area contributed by atoms with Crippen LogP contribution in [0.4, 0.5) is 8.78 Å². The van der Waals surface area contributed by atoms with Crippen molar-refractivity contribution in [2.45, 2.75) is 6.54 Å². The molecule has 1 aromatic heterocycles. The highest BCUT2D eigenvalue weighted by Crippen LogP contribution is 2.30. The van der Waals surface area contributed by atoms with Gasteiger partial charge >= 0.3 is 0 Å². The molecule has 0 N–H and O–H groups in total. The Morgan fingerprint density at radius 2 is 1.89 bits per heavy atom. The number of methoxy groups -OCH3 is 1. The van der Waals surface area contributed by atoms with E-state index in [-0.39, 0.29) is 5.56 Å². The number of aromatic nitrogens is 2. The van der Waals surface area contributed by atoms with Crippen LogP contribution >= 0.6 is 11.6 Å². The molecule has 4 rings (SSSR count). The maximum absolute atomic E-state index is 14.4. The van der Waals surface area contributed by atoms with Crippen molar-refractivity contribution in [3.8, 4) is 17.1 Å². The van der Waals surface area contributed by atoms with E-state index in [1.54, 1.807) is 19.2 Å². The molecule has 1 heterocycles. The number of fused-ring (bicyclic) bond motifs is 1. The van der Waals surface area contributed by atoms with Crippen LogP contribution in [-0.2, 0) is 6.54 Å². The number of nitrogens with zero attached hydrogens (tertiary/aromatic N) is 2. The fourth-order valence-electron chi connectivity index (χ4n) is 3.09. The predicted molar refractivity (Wildman–Crippen MR) is 102 cm³/mol. The predicted octanol–water partition coefficient (Wildman–Crippen LogP) is 5.69. The number of ether oxygens (including phenoxy) is 1. The maximum Gasteiger partial charge on any atom is 0.144 e. The minimum atomic E-state index is -0.536. The Bertz CT molecular complexity index is 1140. The van der Waals surface area contributed by atoms with Crippen molar-refractivity contribution in [3.63, 3.8) is 0 Å². The lowest BCUT2D eigenvalue weighted by molar-refractivity contribution is 0.415. The molecule has 27 heavy (non-hydrogen) atoms. The molecule has 0 aliphatic carbocycles. The van der Waals surface area contributed by atoms with E-state index in [2.05, 4.69) is 4.98 Å². The first kappa shape index (κ1) is 17.5. The normalized spacial score (nSPS) is 11.1. The van der Waals surface area contributed by atoms with Gasteiger partial charge in [0.2, 0.25) is 0 Å². The van der Waals surface area contributed by atoms with Gasteiger partial charge in [-0.15, -0.1) is 0 Å². The molecule has 0 radical (unpaired) electrons. The highest BCUT2D eigenvalue weighted by atomic mass is 35.5. The lowest BCUT2D eigenvalue weighted by Crippen LogP contribution is -2.03. The SMILES string of the molecule is COc1ccc2c(c1)nc(-c1cc(F)ccc1F)n2Cc1cccc(Cl)c1. The smallest absolute Gasteiger partial charge is 0.144 e. The minimum absolute atomic E-state index is 0.104. The van der Waals surface area contributed by atoms with Gasteiger partial charge in [0.25, 0.3) is 0 Å². The van der Waals surface area contributed by atoms with Gasteiger partial charge in [-0.3, -0.25) is 0 Å². The Hall–Kier alpha value is -2.92. The van der Waals surface area contributed by atoms with E-state index in [9.17, 15) is 8.78 Å². The Kier molecular flexibility index (Phi) is 4.54. The topological polar surface area (TPSA) is 27.1 Å². The van der Waals surface area contributed by atoms with E-state index in [0.29, 0.717) is 28.7 Å². The van der Waals surface area contributed by atoms with Crippen LogP contribution in [0, 0.1) is 11.6 Å².